The number of rotatable bonds is 6. The van der Waals surface area contributed by atoms with Crippen molar-refractivity contribution in [3.8, 4) is 0 Å². The minimum Gasteiger partial charge on any atom is -0.478 e. The number of aliphatic carboxylic acids is 1. The van der Waals surface area contributed by atoms with Crippen molar-refractivity contribution in [1.29, 1.82) is 0 Å². The molecule has 0 aliphatic carbocycles. The Morgan fingerprint density at radius 2 is 2.21 bits per heavy atom. The second-order valence-electron chi connectivity index (χ2n) is 4.60. The molecular formula is C15H20FNO2. The molecule has 0 fully saturated rings. The largest absolute Gasteiger partial charge is 0.478 e. The van der Waals surface area contributed by atoms with Gasteiger partial charge in [0.25, 0.3) is 0 Å². The smallest absolute Gasteiger partial charge is 0.328 e. The predicted molar refractivity (Wildman–Crippen MR) is 75.8 cm³/mol. The third-order valence-electron chi connectivity index (χ3n) is 3.14. The molecule has 4 heteroatoms. The number of carboxylic acids is 1. The van der Waals surface area contributed by atoms with Gasteiger partial charge in [-0.2, -0.15) is 0 Å². The summed E-state index contributed by atoms with van der Waals surface area (Å²) in [5.41, 5.74) is 1.02. The van der Waals surface area contributed by atoms with Crippen molar-refractivity contribution in [3.05, 3.63) is 35.7 Å². The van der Waals surface area contributed by atoms with Gasteiger partial charge in [0.15, 0.2) is 0 Å². The number of nitrogens with zero attached hydrogens (tertiary/aromatic N) is 1. The molecule has 0 radical (unpaired) electrons. The normalized spacial score (nSPS) is 12.6. The van der Waals surface area contributed by atoms with Crippen LogP contribution in [-0.2, 0) is 4.79 Å². The van der Waals surface area contributed by atoms with Crippen LogP contribution in [0.2, 0.25) is 0 Å². The van der Waals surface area contributed by atoms with E-state index in [2.05, 4.69) is 6.92 Å². The van der Waals surface area contributed by atoms with E-state index in [1.54, 1.807) is 12.1 Å². The summed E-state index contributed by atoms with van der Waals surface area (Å²) in [5, 5.41) is 8.67. The summed E-state index contributed by atoms with van der Waals surface area (Å²) >= 11 is 0. The van der Waals surface area contributed by atoms with E-state index in [0.717, 1.165) is 18.9 Å². The van der Waals surface area contributed by atoms with Crippen molar-refractivity contribution < 1.29 is 14.3 Å². The van der Waals surface area contributed by atoms with E-state index in [0.29, 0.717) is 11.3 Å². The van der Waals surface area contributed by atoms with E-state index >= 15 is 0 Å². The highest BCUT2D eigenvalue weighted by Gasteiger charge is 2.16. The zero-order chi connectivity index (χ0) is 14.4. The maximum Gasteiger partial charge on any atom is 0.328 e. The van der Waals surface area contributed by atoms with Gasteiger partial charge in [-0.1, -0.05) is 25.5 Å². The van der Waals surface area contributed by atoms with Crippen molar-refractivity contribution in [2.24, 2.45) is 0 Å². The average Bonchev–Trinajstić information content (AvgIpc) is 2.35. The van der Waals surface area contributed by atoms with Crippen molar-refractivity contribution in [2.75, 3.05) is 11.9 Å². The van der Waals surface area contributed by atoms with Crippen LogP contribution in [0.5, 0.6) is 0 Å². The lowest BCUT2D eigenvalue weighted by Crippen LogP contribution is -2.30. The van der Waals surface area contributed by atoms with Gasteiger partial charge in [-0.05, 0) is 25.5 Å². The Morgan fingerprint density at radius 3 is 2.79 bits per heavy atom. The van der Waals surface area contributed by atoms with E-state index < -0.39 is 5.97 Å². The standard InChI is InChI=1S/C15H20FNO2/c1-4-6-11(2)17(3)15-12(9-10-14(18)19)7-5-8-13(15)16/h5,7-11H,4,6H2,1-3H3,(H,18,19)/b10-9+. The SMILES string of the molecule is CCCC(C)N(C)c1c(F)cccc1/C=C/C(=O)O. The number of hydrogen-bond acceptors (Lipinski definition) is 2. The molecule has 1 aromatic rings. The summed E-state index contributed by atoms with van der Waals surface area (Å²) < 4.78 is 14.0. The first-order valence-electron chi connectivity index (χ1n) is 6.39. The molecule has 1 unspecified atom stereocenters. The fourth-order valence-electron chi connectivity index (χ4n) is 2.03. The lowest BCUT2D eigenvalue weighted by Gasteiger charge is -2.28. The quantitative estimate of drug-likeness (QED) is 0.800. The summed E-state index contributed by atoms with van der Waals surface area (Å²) in [7, 11) is 1.83. The van der Waals surface area contributed by atoms with Gasteiger partial charge in [-0.3, -0.25) is 0 Å². The van der Waals surface area contributed by atoms with E-state index in [1.807, 2.05) is 18.9 Å². The van der Waals surface area contributed by atoms with Gasteiger partial charge in [0, 0.05) is 24.7 Å². The first-order chi connectivity index (χ1) is 8.97. The fraction of sp³-hybridized carbons (Fsp3) is 0.400. The summed E-state index contributed by atoms with van der Waals surface area (Å²) in [4.78, 5) is 12.4. The van der Waals surface area contributed by atoms with Crippen molar-refractivity contribution in [1.82, 2.24) is 0 Å². The molecule has 0 bridgehead atoms. The van der Waals surface area contributed by atoms with Crippen LogP contribution < -0.4 is 4.90 Å². The molecule has 0 amide bonds. The predicted octanol–water partition coefficient (Wildman–Crippen LogP) is 3.55. The topological polar surface area (TPSA) is 40.5 Å². The number of para-hydroxylation sites is 1. The maximum atomic E-state index is 14.0. The number of carboxylic acid groups (broad SMARTS) is 1. The fourth-order valence-corrected chi connectivity index (χ4v) is 2.03. The van der Waals surface area contributed by atoms with Crippen LogP contribution in [0.25, 0.3) is 6.08 Å². The molecule has 1 aromatic carbocycles. The van der Waals surface area contributed by atoms with Gasteiger partial charge < -0.3 is 10.0 Å². The highest BCUT2D eigenvalue weighted by molar-refractivity contribution is 5.87. The molecule has 0 aliphatic heterocycles. The van der Waals surface area contributed by atoms with Crippen molar-refractivity contribution in [3.63, 3.8) is 0 Å². The molecule has 19 heavy (non-hydrogen) atoms. The van der Waals surface area contributed by atoms with Crippen LogP contribution in [0.4, 0.5) is 10.1 Å². The van der Waals surface area contributed by atoms with E-state index in [1.165, 1.54) is 12.1 Å². The summed E-state index contributed by atoms with van der Waals surface area (Å²) in [6.45, 7) is 4.11. The molecule has 0 saturated carbocycles. The van der Waals surface area contributed by atoms with Crippen LogP contribution >= 0.6 is 0 Å². The molecule has 0 spiro atoms. The summed E-state index contributed by atoms with van der Waals surface area (Å²) in [5.74, 6) is -1.38. The third-order valence-corrected chi connectivity index (χ3v) is 3.14. The lowest BCUT2D eigenvalue weighted by atomic mass is 10.1. The van der Waals surface area contributed by atoms with Crippen LogP contribution in [0.1, 0.15) is 32.3 Å². The van der Waals surface area contributed by atoms with E-state index in [-0.39, 0.29) is 11.9 Å². The number of halogens is 1. The van der Waals surface area contributed by atoms with E-state index in [4.69, 9.17) is 5.11 Å². The number of carbonyl (C=O) groups is 1. The monoisotopic (exact) mass is 265 g/mol. The van der Waals surface area contributed by atoms with E-state index in [9.17, 15) is 9.18 Å². The Hall–Kier alpha value is -1.84. The average molecular weight is 265 g/mol. The summed E-state index contributed by atoms with van der Waals surface area (Å²) in [6.07, 6.45) is 4.42. The van der Waals surface area contributed by atoms with Gasteiger partial charge in [0.2, 0.25) is 0 Å². The van der Waals surface area contributed by atoms with Gasteiger partial charge >= 0.3 is 5.97 Å². The van der Waals surface area contributed by atoms with Crippen LogP contribution in [0, 0.1) is 5.82 Å². The van der Waals surface area contributed by atoms with Crippen molar-refractivity contribution >= 4 is 17.7 Å². The van der Waals surface area contributed by atoms with Gasteiger partial charge in [0.05, 0.1) is 5.69 Å². The van der Waals surface area contributed by atoms with Crippen LogP contribution in [0.3, 0.4) is 0 Å². The molecule has 1 rings (SSSR count). The molecular weight excluding hydrogens is 245 g/mol. The second-order valence-corrected chi connectivity index (χ2v) is 4.60. The van der Waals surface area contributed by atoms with Crippen LogP contribution in [-0.4, -0.2) is 24.2 Å². The number of anilines is 1. The molecule has 0 aromatic heterocycles. The number of benzene rings is 1. The van der Waals surface area contributed by atoms with Crippen molar-refractivity contribution in [2.45, 2.75) is 32.7 Å². The zero-order valence-corrected chi connectivity index (χ0v) is 11.6. The Morgan fingerprint density at radius 1 is 1.53 bits per heavy atom. The first kappa shape index (κ1) is 15.2. The first-order valence-corrected chi connectivity index (χ1v) is 6.39. The Balaban J connectivity index is 3.13. The minimum absolute atomic E-state index is 0.193. The molecule has 0 saturated heterocycles. The zero-order valence-electron chi connectivity index (χ0n) is 11.6. The summed E-state index contributed by atoms with van der Waals surface area (Å²) in [6, 6.07) is 4.88. The third kappa shape index (κ3) is 4.09. The second kappa shape index (κ2) is 6.92. The molecule has 0 heterocycles. The minimum atomic E-state index is -1.04. The molecule has 3 nitrogen and oxygen atoms in total. The molecule has 1 N–H and O–H groups in total. The Kier molecular flexibility index (Phi) is 5.55. The maximum absolute atomic E-state index is 14.0. The molecule has 104 valence electrons. The van der Waals surface area contributed by atoms with Gasteiger partial charge in [-0.15, -0.1) is 0 Å². The highest BCUT2D eigenvalue weighted by atomic mass is 19.1. The van der Waals surface area contributed by atoms with Crippen LogP contribution in [0.15, 0.2) is 24.3 Å². The lowest BCUT2D eigenvalue weighted by molar-refractivity contribution is -0.131. The Labute approximate surface area is 113 Å². The van der Waals surface area contributed by atoms with Gasteiger partial charge in [-0.25, -0.2) is 9.18 Å². The molecule has 0 aliphatic rings. The highest BCUT2D eigenvalue weighted by Crippen LogP contribution is 2.27. The van der Waals surface area contributed by atoms with Gasteiger partial charge in [0.1, 0.15) is 5.82 Å². The molecule has 1 atom stereocenters. The Bertz CT molecular complexity index is 471. The number of hydrogen-bond donors (Lipinski definition) is 1.